The van der Waals surface area contributed by atoms with Gasteiger partial charge >= 0.3 is 94.7 Å². The van der Waals surface area contributed by atoms with E-state index in [4.69, 9.17) is 13.6 Å². The van der Waals surface area contributed by atoms with E-state index >= 15 is 0 Å². The monoisotopic (exact) mass is 241 g/mol. The first kappa shape index (κ1) is 10.6. The van der Waals surface area contributed by atoms with E-state index in [1.165, 1.54) is 0 Å². The Morgan fingerprint density at radius 2 is 1.62 bits per heavy atom. The van der Waals surface area contributed by atoms with Crippen LogP contribution in [-0.2, 0) is 13.6 Å². The van der Waals surface area contributed by atoms with Gasteiger partial charge in [-0.1, -0.05) is 0 Å². The average molecular weight is 241 g/mol. The molecule has 1 spiro atoms. The second-order valence-electron chi connectivity index (χ2n) is 4.06. The van der Waals surface area contributed by atoms with E-state index in [-0.39, 0.29) is 0 Å². The molecule has 0 aliphatic carbocycles. The quantitative estimate of drug-likeness (QED) is 0.698. The Balaban J connectivity index is 2.17. The second kappa shape index (κ2) is 3.49. The van der Waals surface area contributed by atoms with E-state index < -0.39 is 7.43 Å². The molecule has 2 aliphatic heterocycles. The van der Waals surface area contributed by atoms with Gasteiger partial charge in [0.05, 0.1) is 0 Å². The minimum atomic E-state index is -3.15. The molecule has 0 amide bonds. The van der Waals surface area contributed by atoms with Crippen LogP contribution in [-0.4, -0.2) is 38.1 Å². The van der Waals surface area contributed by atoms with Crippen molar-refractivity contribution in [1.82, 2.24) is 4.67 Å². The zero-order valence-corrected chi connectivity index (χ0v) is 10.2. The molecule has 3 rings (SSSR count). The first-order valence-electron chi connectivity index (χ1n) is 5.51. The molecule has 1 aromatic carbocycles. The molecule has 88 valence electrons. The maximum absolute atomic E-state index is 6.00. The Morgan fingerprint density at radius 1 is 1.00 bits per heavy atom. The van der Waals surface area contributed by atoms with Gasteiger partial charge in [0, 0.05) is 0 Å². The van der Waals surface area contributed by atoms with Gasteiger partial charge in [-0.3, -0.25) is 0 Å². The summed E-state index contributed by atoms with van der Waals surface area (Å²) in [7, 11) is -1.13. The van der Waals surface area contributed by atoms with Gasteiger partial charge in [0.1, 0.15) is 0 Å². The topological polar surface area (TPSA) is 30.9 Å². The fourth-order valence-electron chi connectivity index (χ4n) is 2.41. The summed E-state index contributed by atoms with van der Waals surface area (Å²) in [6.07, 6.45) is 0. The fourth-order valence-corrected chi connectivity index (χ4v) is 6.36. The van der Waals surface area contributed by atoms with Crippen LogP contribution in [0, 0.1) is 0 Å². The molecule has 4 nitrogen and oxygen atoms in total. The summed E-state index contributed by atoms with van der Waals surface area (Å²) >= 11 is 0. The van der Waals surface area contributed by atoms with E-state index in [0.29, 0.717) is 19.8 Å². The number of benzene rings is 1. The Kier molecular flexibility index (Phi) is 2.32. The Hall–Kier alpha value is -0.510. The van der Waals surface area contributed by atoms with Crippen molar-refractivity contribution in [2.45, 2.75) is 0 Å². The van der Waals surface area contributed by atoms with Gasteiger partial charge < -0.3 is 0 Å². The third kappa shape index (κ3) is 1.17. The second-order valence-corrected chi connectivity index (χ2v) is 7.72. The number of hydrogen-bond acceptors (Lipinski definition) is 4. The number of rotatable bonds is 1. The number of hydrogen-bond donors (Lipinski definition) is 0. The van der Waals surface area contributed by atoms with Crippen molar-refractivity contribution in [1.29, 1.82) is 0 Å². The maximum atomic E-state index is 6.00. The van der Waals surface area contributed by atoms with Crippen LogP contribution in [0.15, 0.2) is 30.3 Å². The Labute approximate surface area is 95.3 Å². The SMILES string of the molecule is CN1CCOP12(c1ccccc1)OCCO2. The summed E-state index contributed by atoms with van der Waals surface area (Å²) in [5, 5.41) is 1.03. The van der Waals surface area contributed by atoms with Gasteiger partial charge in [-0.25, -0.2) is 0 Å². The van der Waals surface area contributed by atoms with Crippen LogP contribution < -0.4 is 5.30 Å². The summed E-state index contributed by atoms with van der Waals surface area (Å²) in [4.78, 5) is 0. The average Bonchev–Trinajstić information content (AvgIpc) is 2.91. The van der Waals surface area contributed by atoms with Crippen LogP contribution in [0.5, 0.6) is 0 Å². The van der Waals surface area contributed by atoms with Crippen LogP contribution >= 0.6 is 7.43 Å². The summed E-state index contributed by atoms with van der Waals surface area (Å²) in [5.74, 6) is 0. The first-order valence-corrected chi connectivity index (χ1v) is 7.45. The van der Waals surface area contributed by atoms with Crippen molar-refractivity contribution in [3.63, 3.8) is 0 Å². The van der Waals surface area contributed by atoms with E-state index in [2.05, 4.69) is 4.67 Å². The number of nitrogens with zero attached hydrogens (tertiary/aromatic N) is 1. The van der Waals surface area contributed by atoms with E-state index in [1.807, 2.05) is 37.4 Å². The van der Waals surface area contributed by atoms with Crippen molar-refractivity contribution in [2.24, 2.45) is 0 Å². The van der Waals surface area contributed by atoms with E-state index in [0.717, 1.165) is 11.8 Å². The third-order valence-corrected chi connectivity index (χ3v) is 7.69. The molecule has 2 aliphatic rings. The molecule has 0 atom stereocenters. The van der Waals surface area contributed by atoms with Crippen molar-refractivity contribution in [3.8, 4) is 0 Å². The molecule has 2 saturated heterocycles. The van der Waals surface area contributed by atoms with Gasteiger partial charge in [-0.2, -0.15) is 0 Å². The predicted molar refractivity (Wildman–Crippen MR) is 63.5 cm³/mol. The van der Waals surface area contributed by atoms with Crippen molar-refractivity contribution < 1.29 is 13.6 Å². The predicted octanol–water partition coefficient (Wildman–Crippen LogP) is 1.53. The molecule has 5 heteroatoms. The normalized spacial score (nSPS) is 30.2. The molecule has 0 N–H and O–H groups in total. The van der Waals surface area contributed by atoms with Crippen LogP contribution in [0.25, 0.3) is 0 Å². The molecule has 2 fully saturated rings. The molecule has 0 unspecified atom stereocenters. The molecule has 0 aromatic heterocycles. The fraction of sp³-hybridized carbons (Fsp3) is 0.455. The standard InChI is InChI=1S/C11H16NO3P/c1-12-7-8-13-16(12,14-9-10-15-16)11-5-3-2-4-6-11/h2-6H,7-10H2,1H3. The molecule has 0 bridgehead atoms. The molecule has 16 heavy (non-hydrogen) atoms. The van der Waals surface area contributed by atoms with Crippen LogP contribution in [0.1, 0.15) is 0 Å². The van der Waals surface area contributed by atoms with Gasteiger partial charge in [-0.05, 0) is 0 Å². The van der Waals surface area contributed by atoms with Gasteiger partial charge in [-0.15, -0.1) is 0 Å². The third-order valence-electron chi connectivity index (χ3n) is 3.23. The van der Waals surface area contributed by atoms with Gasteiger partial charge in [0.25, 0.3) is 0 Å². The summed E-state index contributed by atoms with van der Waals surface area (Å²) in [6.45, 7) is 2.74. The molecule has 2 heterocycles. The van der Waals surface area contributed by atoms with Crippen molar-refractivity contribution in [2.75, 3.05) is 33.4 Å². The van der Waals surface area contributed by atoms with Crippen molar-refractivity contribution >= 4 is 12.7 Å². The minimum absolute atomic E-state index is 0.608. The summed E-state index contributed by atoms with van der Waals surface area (Å²) in [6, 6.07) is 10.1. The number of likely N-dealkylation sites (N-methyl/N-ethyl adjacent to an activating group) is 1. The summed E-state index contributed by atoms with van der Waals surface area (Å²) < 4.78 is 20.1. The van der Waals surface area contributed by atoms with Gasteiger partial charge in [0.2, 0.25) is 0 Å². The van der Waals surface area contributed by atoms with E-state index in [9.17, 15) is 0 Å². The summed E-state index contributed by atoms with van der Waals surface area (Å²) in [5.41, 5.74) is 0. The first-order chi connectivity index (χ1) is 7.77. The molecule has 1 aromatic rings. The molecule has 0 radical (unpaired) electrons. The Bertz CT molecular complexity index is 383. The van der Waals surface area contributed by atoms with Gasteiger partial charge in [0.15, 0.2) is 0 Å². The van der Waals surface area contributed by atoms with Crippen LogP contribution in [0.4, 0.5) is 0 Å². The van der Waals surface area contributed by atoms with Crippen molar-refractivity contribution in [3.05, 3.63) is 30.3 Å². The Morgan fingerprint density at radius 3 is 2.19 bits per heavy atom. The zero-order valence-electron chi connectivity index (χ0n) is 9.33. The van der Waals surface area contributed by atoms with E-state index in [1.54, 1.807) is 0 Å². The molecular formula is C11H16NO3P. The van der Waals surface area contributed by atoms with Crippen LogP contribution in [0.2, 0.25) is 0 Å². The molecular weight excluding hydrogens is 225 g/mol. The van der Waals surface area contributed by atoms with Crippen LogP contribution in [0.3, 0.4) is 0 Å². The zero-order chi connectivity index (χ0) is 11.1. The molecule has 0 saturated carbocycles.